The predicted octanol–water partition coefficient (Wildman–Crippen LogP) is 6.35. The second-order valence-corrected chi connectivity index (χ2v) is 5.91. The Bertz CT molecular complexity index is 342. The average molecular weight is 246 g/mol. The van der Waals surface area contributed by atoms with Crippen LogP contribution in [0, 0.1) is 0 Å². The first-order valence-corrected chi connectivity index (χ1v) is 7.62. The SMILES string of the molecule is CCCCC1=C(CCCC)C(=C(C)C)C1=C(C)C. The minimum atomic E-state index is 1.28. The second-order valence-electron chi connectivity index (χ2n) is 5.91. The van der Waals surface area contributed by atoms with Crippen LogP contribution in [0.25, 0.3) is 0 Å². The zero-order valence-corrected chi connectivity index (χ0v) is 13.2. The maximum atomic E-state index is 2.29. The Morgan fingerprint density at radius 3 is 1.22 bits per heavy atom. The van der Waals surface area contributed by atoms with Gasteiger partial charge in [0.1, 0.15) is 0 Å². The third-order valence-corrected chi connectivity index (χ3v) is 3.78. The van der Waals surface area contributed by atoms with E-state index >= 15 is 0 Å². The molecule has 1 aliphatic carbocycles. The molecule has 1 aliphatic rings. The van der Waals surface area contributed by atoms with Crippen molar-refractivity contribution in [3.8, 4) is 0 Å². The Morgan fingerprint density at radius 1 is 0.667 bits per heavy atom. The van der Waals surface area contributed by atoms with Gasteiger partial charge in [-0.3, -0.25) is 0 Å². The third kappa shape index (κ3) is 3.16. The van der Waals surface area contributed by atoms with Crippen molar-refractivity contribution in [2.24, 2.45) is 0 Å². The topological polar surface area (TPSA) is 0 Å². The van der Waals surface area contributed by atoms with Crippen LogP contribution in [0.1, 0.15) is 80.1 Å². The van der Waals surface area contributed by atoms with E-state index in [9.17, 15) is 0 Å². The summed E-state index contributed by atoms with van der Waals surface area (Å²) in [6.07, 6.45) is 7.82. The van der Waals surface area contributed by atoms with Crippen molar-refractivity contribution in [1.82, 2.24) is 0 Å². The van der Waals surface area contributed by atoms with Crippen LogP contribution in [0.3, 0.4) is 0 Å². The van der Waals surface area contributed by atoms with Crippen LogP contribution in [-0.4, -0.2) is 0 Å². The van der Waals surface area contributed by atoms with Gasteiger partial charge in [-0.2, -0.15) is 0 Å². The largest absolute Gasteiger partial charge is 0.0683 e. The Morgan fingerprint density at radius 2 is 1.00 bits per heavy atom. The summed E-state index contributed by atoms with van der Waals surface area (Å²) in [7, 11) is 0. The highest BCUT2D eigenvalue weighted by Gasteiger charge is 2.29. The number of hydrogen-bond acceptors (Lipinski definition) is 0. The normalized spacial score (nSPS) is 15.0. The molecular weight excluding hydrogens is 216 g/mol. The molecule has 0 spiro atoms. The summed E-state index contributed by atoms with van der Waals surface area (Å²) in [5, 5.41) is 0. The van der Waals surface area contributed by atoms with Gasteiger partial charge in [-0.1, -0.05) is 37.8 Å². The summed E-state index contributed by atoms with van der Waals surface area (Å²) in [5.41, 5.74) is 9.54. The van der Waals surface area contributed by atoms with E-state index in [1.165, 1.54) is 49.7 Å². The molecule has 1 rings (SSSR count). The molecule has 0 nitrogen and oxygen atoms in total. The third-order valence-electron chi connectivity index (χ3n) is 3.78. The molecule has 0 saturated carbocycles. The van der Waals surface area contributed by atoms with Crippen molar-refractivity contribution in [3.05, 3.63) is 33.4 Å². The van der Waals surface area contributed by atoms with E-state index in [-0.39, 0.29) is 0 Å². The van der Waals surface area contributed by atoms with Crippen LogP contribution in [0.2, 0.25) is 0 Å². The van der Waals surface area contributed by atoms with Crippen LogP contribution in [0.15, 0.2) is 33.4 Å². The summed E-state index contributed by atoms with van der Waals surface area (Å²) < 4.78 is 0. The highest BCUT2D eigenvalue weighted by atomic mass is 14.3. The first kappa shape index (κ1) is 15.3. The summed E-state index contributed by atoms with van der Waals surface area (Å²) in [6.45, 7) is 13.6. The monoisotopic (exact) mass is 246 g/mol. The van der Waals surface area contributed by atoms with Gasteiger partial charge in [-0.15, -0.1) is 0 Å². The minimum Gasteiger partial charge on any atom is -0.0683 e. The van der Waals surface area contributed by atoms with Crippen LogP contribution in [0.4, 0.5) is 0 Å². The average Bonchev–Trinajstić information content (AvgIpc) is 2.26. The van der Waals surface area contributed by atoms with Gasteiger partial charge in [0.2, 0.25) is 0 Å². The van der Waals surface area contributed by atoms with Gasteiger partial charge >= 0.3 is 0 Å². The van der Waals surface area contributed by atoms with E-state index in [0.29, 0.717) is 0 Å². The Kier molecular flexibility index (Phi) is 5.91. The zero-order chi connectivity index (χ0) is 13.7. The molecule has 0 fully saturated rings. The molecule has 0 radical (unpaired) electrons. The van der Waals surface area contributed by atoms with Crippen LogP contribution in [-0.2, 0) is 0 Å². The molecule has 0 N–H and O–H groups in total. The van der Waals surface area contributed by atoms with E-state index in [1.54, 1.807) is 22.3 Å². The fourth-order valence-corrected chi connectivity index (χ4v) is 2.90. The molecule has 0 atom stereocenters. The smallest absolute Gasteiger partial charge is 0.0160 e. The van der Waals surface area contributed by atoms with Gasteiger partial charge in [0.05, 0.1) is 0 Å². The van der Waals surface area contributed by atoms with Crippen molar-refractivity contribution in [2.75, 3.05) is 0 Å². The van der Waals surface area contributed by atoms with E-state index in [2.05, 4.69) is 41.5 Å². The van der Waals surface area contributed by atoms with Crippen molar-refractivity contribution in [2.45, 2.75) is 80.1 Å². The summed E-state index contributed by atoms with van der Waals surface area (Å²) in [5.74, 6) is 0. The molecule has 0 bridgehead atoms. The molecule has 0 unspecified atom stereocenters. The van der Waals surface area contributed by atoms with Gasteiger partial charge in [-0.05, 0) is 75.7 Å². The van der Waals surface area contributed by atoms with Gasteiger partial charge in [0.15, 0.2) is 0 Å². The van der Waals surface area contributed by atoms with Gasteiger partial charge in [0.25, 0.3) is 0 Å². The molecule has 102 valence electrons. The number of rotatable bonds is 6. The summed E-state index contributed by atoms with van der Waals surface area (Å²) in [6, 6.07) is 0. The van der Waals surface area contributed by atoms with E-state index < -0.39 is 0 Å². The molecule has 0 aromatic rings. The summed E-state index contributed by atoms with van der Waals surface area (Å²) in [4.78, 5) is 0. The van der Waals surface area contributed by atoms with Gasteiger partial charge < -0.3 is 0 Å². The van der Waals surface area contributed by atoms with Crippen molar-refractivity contribution < 1.29 is 0 Å². The molecule has 0 aromatic carbocycles. The van der Waals surface area contributed by atoms with E-state index in [0.717, 1.165) is 0 Å². The van der Waals surface area contributed by atoms with E-state index in [1.807, 2.05) is 0 Å². The van der Waals surface area contributed by atoms with Crippen LogP contribution in [0.5, 0.6) is 0 Å². The van der Waals surface area contributed by atoms with Crippen molar-refractivity contribution >= 4 is 0 Å². The first-order chi connectivity index (χ1) is 8.54. The quantitative estimate of drug-likeness (QED) is 0.512. The molecule has 18 heavy (non-hydrogen) atoms. The number of allylic oxidation sites excluding steroid dienone is 6. The molecular formula is C18H30. The lowest BCUT2D eigenvalue weighted by Gasteiger charge is -2.34. The van der Waals surface area contributed by atoms with Crippen LogP contribution >= 0.6 is 0 Å². The maximum Gasteiger partial charge on any atom is -0.0160 e. The van der Waals surface area contributed by atoms with Crippen molar-refractivity contribution in [3.63, 3.8) is 0 Å². The highest BCUT2D eigenvalue weighted by molar-refractivity contribution is 5.71. The number of hydrogen-bond donors (Lipinski definition) is 0. The zero-order valence-electron chi connectivity index (χ0n) is 13.2. The lowest BCUT2D eigenvalue weighted by Crippen LogP contribution is -2.16. The lowest BCUT2D eigenvalue weighted by molar-refractivity contribution is 0.731. The van der Waals surface area contributed by atoms with Gasteiger partial charge in [0, 0.05) is 0 Å². The predicted molar refractivity (Wildman–Crippen MR) is 82.8 cm³/mol. The van der Waals surface area contributed by atoms with E-state index in [4.69, 9.17) is 0 Å². The molecule has 0 heteroatoms. The molecule has 0 aromatic heterocycles. The Balaban J connectivity index is 3.10. The maximum absolute atomic E-state index is 2.29. The van der Waals surface area contributed by atoms with Crippen molar-refractivity contribution in [1.29, 1.82) is 0 Å². The lowest BCUT2D eigenvalue weighted by atomic mass is 9.70. The van der Waals surface area contributed by atoms with Gasteiger partial charge in [-0.25, -0.2) is 0 Å². The molecule has 0 amide bonds. The standard InChI is InChI=1S/C18H30/c1-7-9-11-15-16(12-10-8-2)18(14(5)6)17(15)13(3)4/h7-12H2,1-6H3. The summed E-state index contributed by atoms with van der Waals surface area (Å²) >= 11 is 0. The fourth-order valence-electron chi connectivity index (χ4n) is 2.90. The highest BCUT2D eigenvalue weighted by Crippen LogP contribution is 2.47. The van der Waals surface area contributed by atoms with Crippen LogP contribution < -0.4 is 0 Å². The number of unbranched alkanes of at least 4 members (excludes halogenated alkanes) is 2. The molecule has 0 saturated heterocycles. The molecule has 0 aliphatic heterocycles. The first-order valence-electron chi connectivity index (χ1n) is 7.62. The molecule has 0 heterocycles. The Hall–Kier alpha value is -0.780. The second kappa shape index (κ2) is 6.97. The fraction of sp³-hybridized carbons (Fsp3) is 0.667. The Labute approximate surface area is 114 Å². The minimum absolute atomic E-state index is 1.28.